The molecule has 0 aliphatic heterocycles. The SMILES string of the molecule is c1ccc(-n2ccc3c4c5ccccc5n(-c5cnc(-n6c7ccccc7c7c8ccn(-c9ccccc9)c8ccc76)nc5)c4ccc32)cc1. The van der Waals surface area contributed by atoms with Crippen molar-refractivity contribution in [3.05, 3.63) is 170 Å². The molecule has 6 aromatic carbocycles. The number of hydrogen-bond donors (Lipinski definition) is 0. The van der Waals surface area contributed by atoms with Crippen LogP contribution in [-0.2, 0) is 0 Å². The number of aromatic nitrogens is 6. The van der Waals surface area contributed by atoms with Gasteiger partial charge >= 0.3 is 0 Å². The van der Waals surface area contributed by atoms with E-state index in [1.54, 1.807) is 0 Å². The lowest BCUT2D eigenvalue weighted by molar-refractivity contribution is 0.968. The maximum Gasteiger partial charge on any atom is 0.234 e. The third-order valence-corrected chi connectivity index (χ3v) is 10.2. The molecule has 0 saturated carbocycles. The summed E-state index contributed by atoms with van der Waals surface area (Å²) in [6.45, 7) is 0. The molecule has 0 radical (unpaired) electrons. The largest absolute Gasteiger partial charge is 0.317 e. The molecule has 0 saturated heterocycles. The molecule has 0 atom stereocenters. The van der Waals surface area contributed by atoms with Gasteiger partial charge in [-0.2, -0.15) is 0 Å². The van der Waals surface area contributed by atoms with Gasteiger partial charge in [-0.25, -0.2) is 9.97 Å². The summed E-state index contributed by atoms with van der Waals surface area (Å²) in [5.41, 5.74) is 9.98. The van der Waals surface area contributed by atoms with E-state index in [1.165, 1.54) is 43.4 Å². The topological polar surface area (TPSA) is 45.5 Å². The first kappa shape index (κ1) is 27.1. The van der Waals surface area contributed by atoms with Gasteiger partial charge in [-0.1, -0.05) is 72.8 Å². The van der Waals surface area contributed by atoms with Crippen molar-refractivity contribution in [1.82, 2.24) is 28.2 Å². The van der Waals surface area contributed by atoms with Gasteiger partial charge in [-0.3, -0.25) is 4.57 Å². The van der Waals surface area contributed by atoms with Gasteiger partial charge in [0, 0.05) is 56.1 Å². The molecule has 0 unspecified atom stereocenters. The second kappa shape index (κ2) is 10.3. The van der Waals surface area contributed by atoms with Crippen LogP contribution in [-0.4, -0.2) is 28.2 Å². The molecule has 0 bridgehead atoms. The maximum absolute atomic E-state index is 5.05. The van der Waals surface area contributed by atoms with E-state index < -0.39 is 0 Å². The molecule has 5 heterocycles. The third kappa shape index (κ3) is 3.73. The van der Waals surface area contributed by atoms with Gasteiger partial charge in [0.05, 0.1) is 51.2 Å². The van der Waals surface area contributed by atoms with E-state index in [4.69, 9.17) is 9.97 Å². The number of fused-ring (bicyclic) bond motifs is 10. The minimum absolute atomic E-state index is 0.643. The van der Waals surface area contributed by atoms with Gasteiger partial charge < -0.3 is 13.7 Å². The second-order valence-corrected chi connectivity index (χ2v) is 12.8. The van der Waals surface area contributed by atoms with E-state index in [0.29, 0.717) is 5.95 Å². The fourth-order valence-electron chi connectivity index (χ4n) is 8.04. The average molecular weight is 641 g/mol. The Labute approximate surface area is 286 Å². The van der Waals surface area contributed by atoms with E-state index in [2.05, 4.69) is 176 Å². The van der Waals surface area contributed by atoms with Gasteiger partial charge in [-0.15, -0.1) is 0 Å². The predicted octanol–water partition coefficient (Wildman–Crippen LogP) is 10.6. The van der Waals surface area contributed by atoms with Crippen LogP contribution in [0.3, 0.4) is 0 Å². The van der Waals surface area contributed by atoms with Gasteiger partial charge in [-0.05, 0) is 72.8 Å². The molecule has 0 fully saturated rings. The van der Waals surface area contributed by atoms with Crippen LogP contribution in [0.15, 0.2) is 170 Å². The molecule has 0 spiro atoms. The molecular formula is C44H28N6. The normalized spacial score (nSPS) is 12.0. The van der Waals surface area contributed by atoms with E-state index in [-0.39, 0.29) is 0 Å². The molecule has 0 aliphatic carbocycles. The van der Waals surface area contributed by atoms with E-state index in [0.717, 1.165) is 39.1 Å². The highest BCUT2D eigenvalue weighted by atomic mass is 15.2. The first-order chi connectivity index (χ1) is 24.8. The highest BCUT2D eigenvalue weighted by molar-refractivity contribution is 6.22. The molecule has 0 aliphatic rings. The molecule has 6 nitrogen and oxygen atoms in total. The predicted molar refractivity (Wildman–Crippen MR) is 204 cm³/mol. The Hall–Kier alpha value is -6.92. The Morgan fingerprint density at radius 2 is 0.740 bits per heavy atom. The lowest BCUT2D eigenvalue weighted by Gasteiger charge is -2.10. The molecule has 11 aromatic rings. The summed E-state index contributed by atoms with van der Waals surface area (Å²) in [7, 11) is 0. The monoisotopic (exact) mass is 640 g/mol. The summed E-state index contributed by atoms with van der Waals surface area (Å²) in [4.78, 5) is 10.1. The van der Waals surface area contributed by atoms with Crippen molar-refractivity contribution in [2.24, 2.45) is 0 Å². The molecule has 6 heteroatoms. The minimum atomic E-state index is 0.643. The Kier molecular flexibility index (Phi) is 5.57. The van der Waals surface area contributed by atoms with Crippen molar-refractivity contribution in [2.75, 3.05) is 0 Å². The zero-order valence-corrected chi connectivity index (χ0v) is 26.8. The zero-order chi connectivity index (χ0) is 32.8. The Balaban J connectivity index is 1.09. The van der Waals surface area contributed by atoms with Gasteiger partial charge in [0.2, 0.25) is 5.95 Å². The lowest BCUT2D eigenvalue weighted by atomic mass is 10.1. The maximum atomic E-state index is 5.05. The molecule has 0 amide bonds. The standard InChI is InChI=1S/C44H28N6/c1-3-11-29(12-4-1)47-25-23-34-36(47)19-21-40-42(34)32-15-7-9-17-38(32)49(40)31-27-45-44(46-28-31)50-39-18-10-8-16-33(39)43-35-24-26-48(30-13-5-2-6-14-30)37(35)20-22-41(43)50/h1-28H. The van der Waals surface area contributed by atoms with E-state index in [9.17, 15) is 0 Å². The van der Waals surface area contributed by atoms with Gasteiger partial charge in [0.1, 0.15) is 0 Å². The number of nitrogens with zero attached hydrogens (tertiary/aromatic N) is 6. The highest BCUT2D eigenvalue weighted by Crippen LogP contribution is 2.39. The van der Waals surface area contributed by atoms with Crippen LogP contribution >= 0.6 is 0 Å². The summed E-state index contributed by atoms with van der Waals surface area (Å²) < 4.78 is 8.99. The molecule has 50 heavy (non-hydrogen) atoms. The van der Waals surface area contributed by atoms with E-state index in [1.807, 2.05) is 12.4 Å². The van der Waals surface area contributed by atoms with Crippen molar-refractivity contribution in [3.63, 3.8) is 0 Å². The molecule has 11 rings (SSSR count). The van der Waals surface area contributed by atoms with Crippen LogP contribution in [0.25, 0.3) is 88.4 Å². The molecular weight excluding hydrogens is 613 g/mol. The average Bonchev–Trinajstić information content (AvgIpc) is 3.96. The van der Waals surface area contributed by atoms with Gasteiger partial charge in [0.15, 0.2) is 0 Å². The van der Waals surface area contributed by atoms with Crippen LogP contribution in [0.4, 0.5) is 0 Å². The van der Waals surface area contributed by atoms with Crippen LogP contribution in [0.1, 0.15) is 0 Å². The molecule has 234 valence electrons. The summed E-state index contributed by atoms with van der Waals surface area (Å²) in [5.74, 6) is 0.643. The quantitative estimate of drug-likeness (QED) is 0.192. The minimum Gasteiger partial charge on any atom is -0.317 e. The molecule has 0 N–H and O–H groups in total. The van der Waals surface area contributed by atoms with Crippen molar-refractivity contribution < 1.29 is 0 Å². The van der Waals surface area contributed by atoms with E-state index >= 15 is 0 Å². The highest BCUT2D eigenvalue weighted by Gasteiger charge is 2.20. The first-order valence-corrected chi connectivity index (χ1v) is 16.8. The van der Waals surface area contributed by atoms with Crippen molar-refractivity contribution >= 4 is 65.4 Å². The van der Waals surface area contributed by atoms with Crippen molar-refractivity contribution in [1.29, 1.82) is 0 Å². The number of benzene rings is 6. The van der Waals surface area contributed by atoms with Crippen LogP contribution in [0, 0.1) is 0 Å². The fourth-order valence-corrected chi connectivity index (χ4v) is 8.04. The molecule has 5 aromatic heterocycles. The summed E-state index contributed by atoms with van der Waals surface area (Å²) in [5, 5.41) is 7.24. The number of hydrogen-bond acceptors (Lipinski definition) is 2. The Morgan fingerprint density at radius 3 is 1.28 bits per heavy atom. The van der Waals surface area contributed by atoms with Crippen molar-refractivity contribution in [3.8, 4) is 23.0 Å². The van der Waals surface area contributed by atoms with Crippen LogP contribution in [0.5, 0.6) is 0 Å². The van der Waals surface area contributed by atoms with Crippen LogP contribution < -0.4 is 0 Å². The summed E-state index contributed by atoms with van der Waals surface area (Å²) in [6, 6.07) is 51.5. The van der Waals surface area contributed by atoms with Crippen molar-refractivity contribution in [2.45, 2.75) is 0 Å². The Bertz CT molecular complexity index is 2860. The summed E-state index contributed by atoms with van der Waals surface area (Å²) in [6.07, 6.45) is 8.24. The number of rotatable bonds is 4. The smallest absolute Gasteiger partial charge is 0.234 e. The Morgan fingerprint density at radius 1 is 0.320 bits per heavy atom. The first-order valence-electron chi connectivity index (χ1n) is 16.8. The van der Waals surface area contributed by atoms with Gasteiger partial charge in [0.25, 0.3) is 0 Å². The van der Waals surface area contributed by atoms with Crippen LogP contribution in [0.2, 0.25) is 0 Å². The number of para-hydroxylation sites is 4. The zero-order valence-electron chi connectivity index (χ0n) is 26.8. The second-order valence-electron chi connectivity index (χ2n) is 12.8. The lowest BCUT2D eigenvalue weighted by Crippen LogP contribution is -2.03. The fraction of sp³-hybridized carbons (Fsp3) is 0. The summed E-state index contributed by atoms with van der Waals surface area (Å²) >= 11 is 0. The third-order valence-electron chi connectivity index (χ3n) is 10.2.